The number of primary amides is 1. The second kappa shape index (κ2) is 5.65. The fraction of sp³-hybridized carbons (Fsp3) is 0.750. The lowest BCUT2D eigenvalue weighted by Gasteiger charge is -2.02. The van der Waals surface area contributed by atoms with Crippen LogP contribution in [0.2, 0.25) is 0 Å². The first-order chi connectivity index (χ1) is 3.63. The van der Waals surface area contributed by atoms with Gasteiger partial charge in [0.05, 0.1) is 0 Å². The zero-order valence-corrected chi connectivity index (χ0v) is 5.98. The topological polar surface area (TPSA) is 78.3 Å². The van der Waals surface area contributed by atoms with E-state index in [1.807, 2.05) is 0 Å². The Morgan fingerprint density at radius 3 is 2.33 bits per heavy atom. The molecule has 0 aromatic carbocycles. The Labute approximate surface area is 59.9 Å². The highest BCUT2D eigenvalue weighted by Gasteiger charge is 1.95. The highest BCUT2D eigenvalue weighted by molar-refractivity contribution is 5.85. The van der Waals surface area contributed by atoms with Crippen molar-refractivity contribution in [3.63, 3.8) is 0 Å². The molecule has 0 unspecified atom stereocenters. The van der Waals surface area contributed by atoms with Crippen molar-refractivity contribution >= 4 is 18.5 Å². The SMILES string of the molecule is C[C@H](N)COC(N)=O.Cl. The number of amides is 1. The van der Waals surface area contributed by atoms with E-state index in [0.717, 1.165) is 0 Å². The van der Waals surface area contributed by atoms with E-state index in [2.05, 4.69) is 10.5 Å². The third-order valence-corrected chi connectivity index (χ3v) is 0.488. The van der Waals surface area contributed by atoms with Crippen molar-refractivity contribution in [2.75, 3.05) is 6.61 Å². The largest absolute Gasteiger partial charge is 0.448 e. The fourth-order valence-electron chi connectivity index (χ4n) is 0.214. The summed E-state index contributed by atoms with van der Waals surface area (Å²) in [5, 5.41) is 0. The molecule has 0 rings (SSSR count). The summed E-state index contributed by atoms with van der Waals surface area (Å²) in [5.41, 5.74) is 9.83. The number of carbonyl (C=O) groups excluding carboxylic acids is 1. The molecule has 0 spiro atoms. The van der Waals surface area contributed by atoms with Gasteiger partial charge in [0.25, 0.3) is 0 Å². The Balaban J connectivity index is 0. The number of rotatable bonds is 2. The molecule has 1 atom stereocenters. The van der Waals surface area contributed by atoms with E-state index in [-0.39, 0.29) is 25.1 Å². The zero-order valence-electron chi connectivity index (χ0n) is 5.16. The van der Waals surface area contributed by atoms with Crippen molar-refractivity contribution in [2.24, 2.45) is 11.5 Å². The lowest BCUT2D eigenvalue weighted by atomic mass is 10.4. The van der Waals surface area contributed by atoms with Gasteiger partial charge in [0, 0.05) is 6.04 Å². The van der Waals surface area contributed by atoms with Crippen LogP contribution in [0.15, 0.2) is 0 Å². The third kappa shape index (κ3) is 11.2. The molecule has 1 amide bonds. The molecule has 56 valence electrons. The summed E-state index contributed by atoms with van der Waals surface area (Å²) in [7, 11) is 0. The van der Waals surface area contributed by atoms with Crippen LogP contribution in [0.25, 0.3) is 0 Å². The lowest BCUT2D eigenvalue weighted by molar-refractivity contribution is 0.151. The summed E-state index contributed by atoms with van der Waals surface area (Å²) < 4.78 is 4.32. The number of hydrogen-bond acceptors (Lipinski definition) is 3. The van der Waals surface area contributed by atoms with E-state index in [0.29, 0.717) is 0 Å². The first-order valence-electron chi connectivity index (χ1n) is 2.30. The van der Waals surface area contributed by atoms with Gasteiger partial charge in [-0.25, -0.2) is 4.79 Å². The van der Waals surface area contributed by atoms with Crippen molar-refractivity contribution in [3.05, 3.63) is 0 Å². The standard InChI is InChI=1S/C4H10N2O2.ClH/c1-3(5)2-8-4(6)7;/h3H,2,5H2,1H3,(H2,6,7);1H/t3-;/m0./s1. The highest BCUT2D eigenvalue weighted by Crippen LogP contribution is 1.76. The van der Waals surface area contributed by atoms with Crippen molar-refractivity contribution in [3.8, 4) is 0 Å². The molecule has 5 heteroatoms. The third-order valence-electron chi connectivity index (χ3n) is 0.488. The van der Waals surface area contributed by atoms with E-state index < -0.39 is 6.09 Å². The Morgan fingerprint density at radius 2 is 2.22 bits per heavy atom. The average molecular weight is 155 g/mol. The molecule has 0 aromatic rings. The first-order valence-corrected chi connectivity index (χ1v) is 2.30. The molecule has 0 aliphatic rings. The first kappa shape index (κ1) is 11.3. The minimum Gasteiger partial charge on any atom is -0.448 e. The van der Waals surface area contributed by atoms with Crippen molar-refractivity contribution in [1.82, 2.24) is 0 Å². The van der Waals surface area contributed by atoms with E-state index in [4.69, 9.17) is 5.73 Å². The van der Waals surface area contributed by atoms with Gasteiger partial charge < -0.3 is 16.2 Å². The van der Waals surface area contributed by atoms with Gasteiger partial charge in [-0.2, -0.15) is 0 Å². The fourth-order valence-corrected chi connectivity index (χ4v) is 0.214. The molecule has 0 aliphatic heterocycles. The van der Waals surface area contributed by atoms with Crippen LogP contribution in [-0.4, -0.2) is 18.7 Å². The molecule has 0 heterocycles. The Kier molecular flexibility index (Phi) is 7.12. The second-order valence-electron chi connectivity index (χ2n) is 1.61. The molecule has 9 heavy (non-hydrogen) atoms. The van der Waals surface area contributed by atoms with Crippen LogP contribution in [0.3, 0.4) is 0 Å². The normalized spacial score (nSPS) is 11.3. The summed E-state index contributed by atoms with van der Waals surface area (Å²) in [5.74, 6) is 0. The summed E-state index contributed by atoms with van der Waals surface area (Å²) in [6.07, 6.45) is -0.776. The molecular weight excluding hydrogens is 144 g/mol. The van der Waals surface area contributed by atoms with Crippen LogP contribution in [0.4, 0.5) is 4.79 Å². The molecule has 0 aromatic heterocycles. The lowest BCUT2D eigenvalue weighted by Crippen LogP contribution is -2.26. The Hall–Kier alpha value is -0.480. The Morgan fingerprint density at radius 1 is 1.78 bits per heavy atom. The quantitative estimate of drug-likeness (QED) is 0.581. The van der Waals surface area contributed by atoms with Crippen LogP contribution in [0.5, 0.6) is 0 Å². The smallest absolute Gasteiger partial charge is 0.404 e. The van der Waals surface area contributed by atoms with Crippen molar-refractivity contribution < 1.29 is 9.53 Å². The predicted molar refractivity (Wildman–Crippen MR) is 36.4 cm³/mol. The molecule has 0 saturated carbocycles. The molecule has 0 radical (unpaired) electrons. The van der Waals surface area contributed by atoms with Crippen molar-refractivity contribution in [2.45, 2.75) is 13.0 Å². The number of hydrogen-bond donors (Lipinski definition) is 2. The predicted octanol–water partition coefficient (Wildman–Crippen LogP) is -0.149. The van der Waals surface area contributed by atoms with Gasteiger partial charge in [-0.3, -0.25) is 0 Å². The van der Waals surface area contributed by atoms with Gasteiger partial charge in [0.2, 0.25) is 0 Å². The van der Waals surface area contributed by atoms with Crippen molar-refractivity contribution in [1.29, 1.82) is 0 Å². The van der Waals surface area contributed by atoms with Crippen LogP contribution >= 0.6 is 12.4 Å². The molecular formula is C4H11ClN2O2. The Bertz CT molecular complexity index is 86.6. The number of ether oxygens (including phenoxy) is 1. The molecule has 0 aliphatic carbocycles. The van der Waals surface area contributed by atoms with Crippen LogP contribution < -0.4 is 11.5 Å². The summed E-state index contributed by atoms with van der Waals surface area (Å²) in [6, 6.07) is -0.137. The van der Waals surface area contributed by atoms with Gasteiger partial charge in [0.1, 0.15) is 6.61 Å². The molecule has 4 nitrogen and oxygen atoms in total. The van der Waals surface area contributed by atoms with Gasteiger partial charge in [-0.05, 0) is 6.92 Å². The highest BCUT2D eigenvalue weighted by atomic mass is 35.5. The van der Waals surface area contributed by atoms with Gasteiger partial charge in [0.15, 0.2) is 0 Å². The summed E-state index contributed by atoms with van der Waals surface area (Å²) in [6.45, 7) is 1.91. The summed E-state index contributed by atoms with van der Waals surface area (Å²) >= 11 is 0. The molecule has 0 fully saturated rings. The maximum absolute atomic E-state index is 9.85. The minimum atomic E-state index is -0.776. The van der Waals surface area contributed by atoms with Crippen LogP contribution in [0.1, 0.15) is 6.92 Å². The minimum absolute atomic E-state index is 0. The van der Waals surface area contributed by atoms with Gasteiger partial charge >= 0.3 is 6.09 Å². The monoisotopic (exact) mass is 154 g/mol. The summed E-state index contributed by atoms with van der Waals surface area (Å²) in [4.78, 5) is 9.85. The van der Waals surface area contributed by atoms with Crippen LogP contribution in [-0.2, 0) is 4.74 Å². The van der Waals surface area contributed by atoms with Gasteiger partial charge in [-0.1, -0.05) is 0 Å². The average Bonchev–Trinajstić information content (AvgIpc) is 1.61. The number of halogens is 1. The van der Waals surface area contributed by atoms with Crippen LogP contribution in [0, 0.1) is 0 Å². The second-order valence-corrected chi connectivity index (χ2v) is 1.61. The molecule has 4 N–H and O–H groups in total. The number of nitrogens with two attached hydrogens (primary N) is 2. The zero-order chi connectivity index (χ0) is 6.57. The number of carbonyl (C=O) groups is 1. The maximum atomic E-state index is 9.85. The maximum Gasteiger partial charge on any atom is 0.404 e. The van der Waals surface area contributed by atoms with E-state index in [1.165, 1.54) is 0 Å². The van der Waals surface area contributed by atoms with Gasteiger partial charge in [-0.15, -0.1) is 12.4 Å². The van der Waals surface area contributed by atoms with E-state index >= 15 is 0 Å². The molecule has 0 saturated heterocycles. The van der Waals surface area contributed by atoms with E-state index in [9.17, 15) is 4.79 Å². The van der Waals surface area contributed by atoms with E-state index in [1.54, 1.807) is 6.92 Å². The molecule has 0 bridgehead atoms.